The fourth-order valence-corrected chi connectivity index (χ4v) is 3.63. The summed E-state index contributed by atoms with van der Waals surface area (Å²) in [5.74, 6) is 1.94. The van der Waals surface area contributed by atoms with Gasteiger partial charge in [-0.3, -0.25) is 0 Å². The minimum atomic E-state index is 0.726. The molecule has 4 heteroatoms. The van der Waals surface area contributed by atoms with Gasteiger partial charge in [0.15, 0.2) is 0 Å². The first-order valence-corrected chi connectivity index (χ1v) is 9.87. The molecule has 2 aromatic rings. The Morgan fingerprint density at radius 1 is 0.615 bits per heavy atom. The van der Waals surface area contributed by atoms with E-state index in [2.05, 4.69) is 48.5 Å². The zero-order chi connectivity index (χ0) is 18.2. The molecular weight excluding hydrogens is 324 g/mol. The van der Waals surface area contributed by atoms with E-state index in [0.29, 0.717) is 0 Å². The molecule has 2 N–H and O–H groups in total. The van der Waals surface area contributed by atoms with Gasteiger partial charge in [0.05, 0.1) is 13.2 Å². The lowest BCUT2D eigenvalue weighted by molar-refractivity contribution is -1.02. The summed E-state index contributed by atoms with van der Waals surface area (Å²) in [5, 5.41) is 0. The van der Waals surface area contributed by atoms with E-state index in [1.165, 1.54) is 37.3 Å². The van der Waals surface area contributed by atoms with Crippen LogP contribution in [0.1, 0.15) is 25.0 Å². The predicted molar refractivity (Wildman–Crippen MR) is 104 cm³/mol. The number of piperazine rings is 1. The molecule has 0 radical (unpaired) electrons. The van der Waals surface area contributed by atoms with Crippen molar-refractivity contribution >= 4 is 0 Å². The summed E-state index contributed by atoms with van der Waals surface area (Å²) in [6.07, 6.45) is 0. The van der Waals surface area contributed by atoms with E-state index < -0.39 is 0 Å². The zero-order valence-electron chi connectivity index (χ0n) is 16.1. The molecule has 1 saturated heterocycles. The van der Waals surface area contributed by atoms with Crippen LogP contribution in [-0.2, 0) is 13.1 Å². The van der Waals surface area contributed by atoms with Gasteiger partial charge in [0.25, 0.3) is 0 Å². The summed E-state index contributed by atoms with van der Waals surface area (Å²) in [5.41, 5.74) is 2.80. The summed E-state index contributed by atoms with van der Waals surface area (Å²) in [6, 6.07) is 17.2. The summed E-state index contributed by atoms with van der Waals surface area (Å²) < 4.78 is 11.0. The Hall–Kier alpha value is -2.04. The third kappa shape index (κ3) is 5.48. The van der Waals surface area contributed by atoms with E-state index in [-0.39, 0.29) is 0 Å². The number of rotatable bonds is 8. The number of benzene rings is 2. The van der Waals surface area contributed by atoms with Crippen molar-refractivity contribution in [3.63, 3.8) is 0 Å². The molecule has 4 nitrogen and oxygen atoms in total. The monoisotopic (exact) mass is 356 g/mol. The first-order chi connectivity index (χ1) is 12.8. The molecule has 0 unspecified atom stereocenters. The van der Waals surface area contributed by atoms with Gasteiger partial charge < -0.3 is 19.3 Å². The van der Waals surface area contributed by atoms with E-state index in [9.17, 15) is 0 Å². The van der Waals surface area contributed by atoms with Crippen LogP contribution >= 0.6 is 0 Å². The highest BCUT2D eigenvalue weighted by Crippen LogP contribution is 2.12. The summed E-state index contributed by atoms with van der Waals surface area (Å²) >= 11 is 0. The van der Waals surface area contributed by atoms with Gasteiger partial charge in [0, 0.05) is 11.1 Å². The van der Waals surface area contributed by atoms with E-state index in [1.807, 2.05) is 13.8 Å². The lowest BCUT2D eigenvalue weighted by atomic mass is 10.1. The lowest BCUT2D eigenvalue weighted by Crippen LogP contribution is -3.27. The Kier molecular flexibility index (Phi) is 6.92. The average Bonchev–Trinajstić information content (AvgIpc) is 2.67. The molecular formula is C22H32N2O2+2. The van der Waals surface area contributed by atoms with Crippen LogP contribution in [0.15, 0.2) is 48.5 Å². The quantitative estimate of drug-likeness (QED) is 0.738. The van der Waals surface area contributed by atoms with Crippen molar-refractivity contribution in [3.05, 3.63) is 59.7 Å². The second kappa shape index (κ2) is 9.60. The van der Waals surface area contributed by atoms with Gasteiger partial charge in [-0.15, -0.1) is 0 Å². The van der Waals surface area contributed by atoms with E-state index >= 15 is 0 Å². The van der Waals surface area contributed by atoms with Crippen molar-refractivity contribution < 1.29 is 19.3 Å². The summed E-state index contributed by atoms with van der Waals surface area (Å²) in [4.78, 5) is 3.37. The molecule has 26 heavy (non-hydrogen) atoms. The topological polar surface area (TPSA) is 27.3 Å². The van der Waals surface area contributed by atoms with Crippen molar-refractivity contribution in [3.8, 4) is 11.5 Å². The molecule has 1 fully saturated rings. The van der Waals surface area contributed by atoms with Gasteiger partial charge >= 0.3 is 0 Å². The highest BCUT2D eigenvalue weighted by Gasteiger charge is 2.23. The molecule has 0 bridgehead atoms. The molecule has 3 rings (SSSR count). The van der Waals surface area contributed by atoms with Crippen molar-refractivity contribution in [2.45, 2.75) is 26.9 Å². The van der Waals surface area contributed by atoms with Crippen molar-refractivity contribution in [1.29, 1.82) is 0 Å². The van der Waals surface area contributed by atoms with Gasteiger partial charge in [-0.25, -0.2) is 0 Å². The Morgan fingerprint density at radius 2 is 0.962 bits per heavy atom. The first-order valence-electron chi connectivity index (χ1n) is 9.87. The van der Waals surface area contributed by atoms with Crippen molar-refractivity contribution in [2.24, 2.45) is 0 Å². The summed E-state index contributed by atoms with van der Waals surface area (Å²) in [6.45, 7) is 12.7. The Balaban J connectivity index is 1.43. The van der Waals surface area contributed by atoms with Gasteiger partial charge in [0.1, 0.15) is 50.8 Å². The van der Waals surface area contributed by atoms with Gasteiger partial charge in [-0.2, -0.15) is 0 Å². The van der Waals surface area contributed by atoms with Crippen LogP contribution in [0.2, 0.25) is 0 Å². The standard InChI is InChI=1S/C22H30N2O2/c1-3-25-21-9-5-19(6-10-21)17-23-13-15-24(16-14-23)18-20-7-11-22(12-8-20)26-4-2/h5-12H,3-4,13-18H2,1-2H3/p+2. The zero-order valence-corrected chi connectivity index (χ0v) is 16.1. The molecule has 0 amide bonds. The molecule has 0 aliphatic carbocycles. The van der Waals surface area contributed by atoms with Crippen LogP contribution in [-0.4, -0.2) is 39.4 Å². The highest BCUT2D eigenvalue weighted by molar-refractivity contribution is 5.27. The minimum Gasteiger partial charge on any atom is -0.494 e. The molecule has 1 aliphatic rings. The Bertz CT molecular complexity index is 587. The predicted octanol–water partition coefficient (Wildman–Crippen LogP) is 0.968. The number of ether oxygens (including phenoxy) is 2. The third-order valence-electron chi connectivity index (χ3n) is 5.04. The fourth-order valence-electron chi connectivity index (χ4n) is 3.63. The van der Waals surface area contributed by atoms with Gasteiger partial charge in [-0.1, -0.05) is 0 Å². The Labute approximate surface area is 157 Å². The normalized spacial score (nSPS) is 19.9. The van der Waals surface area contributed by atoms with Crippen LogP contribution in [0.25, 0.3) is 0 Å². The van der Waals surface area contributed by atoms with Crippen LogP contribution in [0, 0.1) is 0 Å². The fraction of sp³-hybridized carbons (Fsp3) is 0.455. The maximum absolute atomic E-state index is 5.52. The second-order valence-corrected chi connectivity index (χ2v) is 7.01. The van der Waals surface area contributed by atoms with Crippen LogP contribution in [0.3, 0.4) is 0 Å². The smallest absolute Gasteiger partial charge is 0.127 e. The number of hydrogen-bond acceptors (Lipinski definition) is 2. The number of nitrogens with one attached hydrogen (secondary N) is 2. The maximum atomic E-state index is 5.52. The van der Waals surface area contributed by atoms with Crippen LogP contribution in [0.5, 0.6) is 11.5 Å². The highest BCUT2D eigenvalue weighted by atomic mass is 16.5. The Morgan fingerprint density at radius 3 is 1.27 bits per heavy atom. The van der Waals surface area contributed by atoms with Crippen molar-refractivity contribution in [2.75, 3.05) is 39.4 Å². The lowest BCUT2D eigenvalue weighted by Gasteiger charge is -2.29. The molecule has 0 spiro atoms. The van der Waals surface area contributed by atoms with Crippen molar-refractivity contribution in [1.82, 2.24) is 0 Å². The number of quaternary nitrogens is 2. The summed E-state index contributed by atoms with van der Waals surface area (Å²) in [7, 11) is 0. The molecule has 1 heterocycles. The first kappa shape index (κ1) is 18.7. The van der Waals surface area contributed by atoms with E-state index in [4.69, 9.17) is 9.47 Å². The minimum absolute atomic E-state index is 0.726. The van der Waals surface area contributed by atoms with Crippen LogP contribution in [0.4, 0.5) is 0 Å². The maximum Gasteiger partial charge on any atom is 0.127 e. The molecule has 0 aromatic heterocycles. The van der Waals surface area contributed by atoms with E-state index in [1.54, 1.807) is 9.80 Å². The largest absolute Gasteiger partial charge is 0.494 e. The molecule has 0 saturated carbocycles. The van der Waals surface area contributed by atoms with E-state index in [0.717, 1.165) is 37.8 Å². The van der Waals surface area contributed by atoms with Crippen LogP contribution < -0.4 is 19.3 Å². The molecule has 1 aliphatic heterocycles. The number of hydrogen-bond donors (Lipinski definition) is 2. The second-order valence-electron chi connectivity index (χ2n) is 7.01. The molecule has 2 aromatic carbocycles. The molecule has 0 atom stereocenters. The third-order valence-corrected chi connectivity index (χ3v) is 5.04. The molecule has 140 valence electrons. The van der Waals surface area contributed by atoms with Gasteiger partial charge in [0.2, 0.25) is 0 Å². The van der Waals surface area contributed by atoms with Gasteiger partial charge in [-0.05, 0) is 62.4 Å². The SMILES string of the molecule is CCOc1ccc(C[NH+]2CC[NH+](Cc3ccc(OCC)cc3)CC2)cc1. The average molecular weight is 357 g/mol.